The molecular weight excluding hydrogens is 445 g/mol. The van der Waals surface area contributed by atoms with Gasteiger partial charge in [-0.05, 0) is 42.0 Å². The van der Waals surface area contributed by atoms with Crippen molar-refractivity contribution in [3.63, 3.8) is 0 Å². The summed E-state index contributed by atoms with van der Waals surface area (Å²) in [4.78, 5) is 23.0. The lowest BCUT2D eigenvalue weighted by atomic mass is 10.2. The van der Waals surface area contributed by atoms with Gasteiger partial charge < -0.3 is 5.32 Å². The number of nitro benzene ring substituents is 1. The van der Waals surface area contributed by atoms with E-state index in [-0.39, 0.29) is 18.1 Å². The summed E-state index contributed by atoms with van der Waals surface area (Å²) in [5.74, 6) is 0.291. The van der Waals surface area contributed by atoms with Crippen molar-refractivity contribution in [1.29, 1.82) is 0 Å². The number of hydrogen-bond donors (Lipinski definition) is 1. The molecule has 1 amide bonds. The van der Waals surface area contributed by atoms with Gasteiger partial charge in [-0.1, -0.05) is 42.1 Å². The largest absolute Gasteiger partial charge is 0.345 e. The molecule has 0 radical (unpaired) electrons. The van der Waals surface area contributed by atoms with E-state index in [0.29, 0.717) is 28.0 Å². The highest BCUT2D eigenvalue weighted by Crippen LogP contribution is 2.26. The Kier molecular flexibility index (Phi) is 6.75. The molecule has 33 heavy (non-hydrogen) atoms. The van der Waals surface area contributed by atoms with Crippen LogP contribution in [0.5, 0.6) is 0 Å². The minimum absolute atomic E-state index is 0.0310. The first-order valence-corrected chi connectivity index (χ1v) is 10.9. The van der Waals surface area contributed by atoms with Crippen LogP contribution in [0.25, 0.3) is 5.69 Å². The number of carbonyl (C=O) groups is 1. The average Bonchev–Trinajstić information content (AvgIpc) is 3.25. The van der Waals surface area contributed by atoms with Crippen molar-refractivity contribution in [1.82, 2.24) is 20.1 Å². The summed E-state index contributed by atoms with van der Waals surface area (Å²) in [7, 11) is 0. The molecule has 0 aliphatic heterocycles. The summed E-state index contributed by atoms with van der Waals surface area (Å²) in [5.41, 5.74) is 2.02. The Balaban J connectivity index is 1.58. The Morgan fingerprint density at radius 3 is 2.36 bits per heavy atom. The lowest BCUT2D eigenvalue weighted by molar-refractivity contribution is -0.384. The molecule has 1 aromatic heterocycles. The number of rotatable bonds is 8. The van der Waals surface area contributed by atoms with E-state index >= 15 is 0 Å². The third-order valence-corrected chi connectivity index (χ3v) is 5.74. The molecule has 0 bridgehead atoms. The number of thioether (sulfide) groups is 1. The molecule has 0 spiro atoms. The number of hydrogen-bond acceptors (Lipinski definition) is 6. The van der Waals surface area contributed by atoms with Gasteiger partial charge >= 0.3 is 0 Å². The highest BCUT2D eigenvalue weighted by Gasteiger charge is 2.17. The number of non-ortho nitro benzene ring substituents is 1. The number of nitrogens with zero attached hydrogens (tertiary/aromatic N) is 4. The Labute approximate surface area is 192 Å². The fourth-order valence-electron chi connectivity index (χ4n) is 3.08. The van der Waals surface area contributed by atoms with Crippen LogP contribution in [-0.4, -0.2) is 25.6 Å². The van der Waals surface area contributed by atoms with Crippen LogP contribution >= 0.6 is 11.8 Å². The van der Waals surface area contributed by atoms with Gasteiger partial charge in [-0.15, -0.1) is 10.2 Å². The monoisotopic (exact) mass is 463 g/mol. The number of nitro groups is 1. The van der Waals surface area contributed by atoms with Crippen LogP contribution in [0.3, 0.4) is 0 Å². The van der Waals surface area contributed by atoms with Crippen LogP contribution in [0, 0.1) is 15.9 Å². The molecule has 10 heteroatoms. The van der Waals surface area contributed by atoms with Crippen molar-refractivity contribution in [2.24, 2.45) is 0 Å². The minimum Gasteiger partial charge on any atom is -0.345 e. The summed E-state index contributed by atoms with van der Waals surface area (Å²) in [6.07, 6.45) is 0. The van der Waals surface area contributed by atoms with Crippen molar-refractivity contribution < 1.29 is 14.1 Å². The maximum Gasteiger partial charge on any atom is 0.269 e. The van der Waals surface area contributed by atoms with Gasteiger partial charge in [-0.2, -0.15) is 0 Å². The Bertz CT molecular complexity index is 1260. The molecule has 4 rings (SSSR count). The van der Waals surface area contributed by atoms with E-state index in [1.807, 2.05) is 30.3 Å². The minimum atomic E-state index is -0.467. The van der Waals surface area contributed by atoms with Crippen molar-refractivity contribution in [3.8, 4) is 5.69 Å². The first kappa shape index (κ1) is 22.2. The molecule has 3 aromatic carbocycles. The zero-order valence-corrected chi connectivity index (χ0v) is 18.0. The first-order valence-electron chi connectivity index (χ1n) is 9.91. The lowest BCUT2D eigenvalue weighted by Crippen LogP contribution is -2.24. The van der Waals surface area contributed by atoms with Gasteiger partial charge in [0.25, 0.3) is 11.6 Å². The van der Waals surface area contributed by atoms with Crippen molar-refractivity contribution >= 4 is 23.4 Å². The van der Waals surface area contributed by atoms with Crippen LogP contribution < -0.4 is 5.32 Å². The number of aromatic nitrogens is 3. The fourth-order valence-corrected chi connectivity index (χ4v) is 4.00. The molecular formula is C23H18FN5O3S. The van der Waals surface area contributed by atoms with Crippen LogP contribution in [0.1, 0.15) is 21.7 Å². The SMILES string of the molecule is O=C(NCc1nnc(SCc2ccccc2)n1-c1ccc([N+](=O)[O-])cc1)c1ccc(F)cc1. The van der Waals surface area contributed by atoms with Gasteiger partial charge in [-0.3, -0.25) is 19.5 Å². The van der Waals surface area contributed by atoms with Crippen molar-refractivity contribution in [2.45, 2.75) is 17.5 Å². The number of carbonyl (C=O) groups excluding carboxylic acids is 1. The summed E-state index contributed by atoms with van der Waals surface area (Å²) < 4.78 is 14.9. The zero-order valence-electron chi connectivity index (χ0n) is 17.2. The second kappa shape index (κ2) is 10.0. The van der Waals surface area contributed by atoms with Gasteiger partial charge in [0.05, 0.1) is 11.5 Å². The van der Waals surface area contributed by atoms with E-state index in [0.717, 1.165) is 5.56 Å². The van der Waals surface area contributed by atoms with E-state index < -0.39 is 10.7 Å². The molecule has 0 atom stereocenters. The third-order valence-electron chi connectivity index (χ3n) is 4.74. The first-order chi connectivity index (χ1) is 16.0. The van der Waals surface area contributed by atoms with E-state index in [1.54, 1.807) is 16.7 Å². The second-order valence-corrected chi connectivity index (χ2v) is 7.91. The molecule has 166 valence electrons. The number of halogens is 1. The third kappa shape index (κ3) is 5.42. The smallest absolute Gasteiger partial charge is 0.269 e. The molecule has 4 aromatic rings. The van der Waals surface area contributed by atoms with E-state index in [4.69, 9.17) is 0 Å². The standard InChI is InChI=1S/C23H18FN5O3S/c24-18-8-6-17(7-9-18)22(30)25-14-21-26-27-23(33-15-16-4-2-1-3-5-16)28(21)19-10-12-20(13-11-19)29(31)32/h1-13H,14-15H2,(H,25,30). The molecule has 0 saturated heterocycles. The van der Waals surface area contributed by atoms with Crippen molar-refractivity contribution in [2.75, 3.05) is 0 Å². The Morgan fingerprint density at radius 1 is 1.00 bits per heavy atom. The number of nitrogens with one attached hydrogen (secondary N) is 1. The number of benzene rings is 3. The van der Waals surface area contributed by atoms with E-state index in [1.165, 1.54) is 48.2 Å². The molecule has 1 N–H and O–H groups in total. The van der Waals surface area contributed by atoms with Crippen LogP contribution in [0.4, 0.5) is 10.1 Å². The van der Waals surface area contributed by atoms with Crippen LogP contribution in [0.2, 0.25) is 0 Å². The predicted molar refractivity (Wildman–Crippen MR) is 122 cm³/mol. The van der Waals surface area contributed by atoms with Crippen LogP contribution in [0.15, 0.2) is 84.0 Å². The highest BCUT2D eigenvalue weighted by atomic mass is 32.2. The average molecular weight is 463 g/mol. The second-order valence-electron chi connectivity index (χ2n) is 6.97. The zero-order chi connectivity index (χ0) is 23.2. The molecule has 0 fully saturated rings. The van der Waals surface area contributed by atoms with Gasteiger partial charge in [0, 0.05) is 29.1 Å². The quantitative estimate of drug-likeness (QED) is 0.234. The normalized spacial score (nSPS) is 10.7. The van der Waals surface area contributed by atoms with Gasteiger partial charge in [-0.25, -0.2) is 4.39 Å². The van der Waals surface area contributed by atoms with Crippen LogP contribution in [-0.2, 0) is 12.3 Å². The summed E-state index contributed by atoms with van der Waals surface area (Å²) in [6.45, 7) is 0.0616. The Hall–Kier alpha value is -4.05. The molecule has 0 unspecified atom stereocenters. The maximum absolute atomic E-state index is 13.1. The summed E-state index contributed by atoms with van der Waals surface area (Å²) in [5, 5.41) is 22.9. The molecule has 0 aliphatic carbocycles. The summed E-state index contributed by atoms with van der Waals surface area (Å²) >= 11 is 1.46. The topological polar surface area (TPSA) is 103 Å². The van der Waals surface area contributed by atoms with E-state index in [9.17, 15) is 19.3 Å². The lowest BCUT2D eigenvalue weighted by Gasteiger charge is -2.11. The van der Waals surface area contributed by atoms with Crippen molar-refractivity contribution in [3.05, 3.63) is 112 Å². The highest BCUT2D eigenvalue weighted by molar-refractivity contribution is 7.98. The maximum atomic E-state index is 13.1. The predicted octanol–water partition coefficient (Wildman–Crippen LogP) is 4.54. The number of amides is 1. The van der Waals surface area contributed by atoms with Gasteiger partial charge in [0.1, 0.15) is 5.82 Å². The summed E-state index contributed by atoms with van der Waals surface area (Å²) in [6, 6.07) is 21.1. The molecule has 0 saturated carbocycles. The van der Waals surface area contributed by atoms with E-state index in [2.05, 4.69) is 15.5 Å². The fraction of sp³-hybridized carbons (Fsp3) is 0.0870. The van der Waals surface area contributed by atoms with Gasteiger partial charge in [0.2, 0.25) is 0 Å². The molecule has 1 heterocycles. The van der Waals surface area contributed by atoms with Gasteiger partial charge in [0.15, 0.2) is 11.0 Å². The Morgan fingerprint density at radius 2 is 1.70 bits per heavy atom. The molecule has 0 aliphatic rings. The molecule has 8 nitrogen and oxygen atoms in total.